The fourth-order valence-electron chi connectivity index (χ4n) is 1.34. The van der Waals surface area contributed by atoms with Crippen LogP contribution in [0.2, 0.25) is 0 Å². The van der Waals surface area contributed by atoms with E-state index in [2.05, 4.69) is 0 Å². The molecule has 0 radical (unpaired) electrons. The van der Waals surface area contributed by atoms with Crippen LogP contribution in [0.25, 0.3) is 0 Å². The Labute approximate surface area is 88.9 Å². The largest absolute Gasteiger partial charge is 0.480 e. The van der Waals surface area contributed by atoms with Crippen LogP contribution < -0.4 is 11.5 Å². The summed E-state index contributed by atoms with van der Waals surface area (Å²) in [6, 6.07) is 8.32. The first-order valence-electron chi connectivity index (χ1n) is 4.89. The quantitative estimate of drug-likeness (QED) is 0.651. The van der Waals surface area contributed by atoms with E-state index in [1.54, 1.807) is 0 Å². The molecule has 0 aromatic heterocycles. The minimum atomic E-state index is -1.05. The van der Waals surface area contributed by atoms with E-state index >= 15 is 0 Å². The van der Waals surface area contributed by atoms with E-state index in [1.165, 1.54) is 0 Å². The van der Waals surface area contributed by atoms with Crippen LogP contribution in [0.4, 0.5) is 0 Å². The smallest absolute Gasteiger partial charge is 0.322 e. The van der Waals surface area contributed by atoms with Crippen molar-refractivity contribution in [3.05, 3.63) is 35.9 Å². The van der Waals surface area contributed by atoms with Crippen molar-refractivity contribution in [3.63, 3.8) is 0 Å². The van der Waals surface area contributed by atoms with Crippen molar-refractivity contribution in [1.29, 1.82) is 0 Å². The Hall–Kier alpha value is -1.39. The molecule has 0 saturated heterocycles. The van der Waals surface area contributed by atoms with Gasteiger partial charge in [0.2, 0.25) is 0 Å². The van der Waals surface area contributed by atoms with Gasteiger partial charge < -0.3 is 16.6 Å². The summed E-state index contributed by atoms with van der Waals surface area (Å²) in [6.07, 6.45) is 1.33. The van der Waals surface area contributed by atoms with Gasteiger partial charge in [-0.1, -0.05) is 30.3 Å². The molecule has 82 valence electrons. The average molecular weight is 208 g/mol. The zero-order valence-electron chi connectivity index (χ0n) is 8.47. The van der Waals surface area contributed by atoms with Crippen molar-refractivity contribution in [2.24, 2.45) is 11.5 Å². The molecule has 0 bridgehead atoms. The molecule has 0 aliphatic heterocycles. The van der Waals surface area contributed by atoms with Crippen LogP contribution in [0.5, 0.6) is 0 Å². The Morgan fingerprint density at radius 2 is 1.87 bits per heavy atom. The third-order valence-electron chi connectivity index (χ3n) is 2.36. The standard InChI is InChI=1S/C11H16N2O2/c12-9(10(13)11(14)15)7-6-8-4-2-1-3-5-8/h1-5,9-10H,6-7,12-13H2,(H,14,15)/t9-,10+/m0/s1. The lowest BCUT2D eigenvalue weighted by molar-refractivity contribution is -0.139. The zero-order chi connectivity index (χ0) is 11.3. The number of aliphatic carboxylic acids is 1. The molecule has 4 heteroatoms. The fourth-order valence-corrected chi connectivity index (χ4v) is 1.34. The van der Waals surface area contributed by atoms with Crippen LogP contribution in [0.15, 0.2) is 30.3 Å². The second-order valence-electron chi connectivity index (χ2n) is 3.55. The monoisotopic (exact) mass is 208 g/mol. The van der Waals surface area contributed by atoms with Crippen LogP contribution in [-0.4, -0.2) is 23.2 Å². The lowest BCUT2D eigenvalue weighted by Crippen LogP contribution is -2.47. The fraction of sp³-hybridized carbons (Fsp3) is 0.364. The molecule has 1 rings (SSSR count). The van der Waals surface area contributed by atoms with E-state index in [1.807, 2.05) is 30.3 Å². The van der Waals surface area contributed by atoms with E-state index in [9.17, 15) is 4.79 Å². The van der Waals surface area contributed by atoms with Crippen molar-refractivity contribution in [3.8, 4) is 0 Å². The van der Waals surface area contributed by atoms with E-state index in [-0.39, 0.29) is 0 Å². The van der Waals surface area contributed by atoms with Crippen molar-refractivity contribution in [1.82, 2.24) is 0 Å². The third kappa shape index (κ3) is 3.69. The maximum atomic E-state index is 10.5. The molecule has 0 amide bonds. The predicted molar refractivity (Wildman–Crippen MR) is 58.3 cm³/mol. The number of carboxylic acid groups (broad SMARTS) is 1. The molecule has 5 N–H and O–H groups in total. The molecule has 0 fully saturated rings. The summed E-state index contributed by atoms with van der Waals surface area (Å²) < 4.78 is 0. The van der Waals surface area contributed by atoms with E-state index in [0.29, 0.717) is 6.42 Å². The summed E-state index contributed by atoms with van der Waals surface area (Å²) in [4.78, 5) is 10.5. The van der Waals surface area contributed by atoms with Crippen molar-refractivity contribution in [2.45, 2.75) is 24.9 Å². The number of nitrogens with two attached hydrogens (primary N) is 2. The van der Waals surface area contributed by atoms with E-state index in [4.69, 9.17) is 16.6 Å². The predicted octanol–water partition coefficient (Wildman–Crippen LogP) is 0.358. The maximum Gasteiger partial charge on any atom is 0.322 e. The molecule has 0 spiro atoms. The van der Waals surface area contributed by atoms with Crippen LogP contribution >= 0.6 is 0 Å². The number of aryl methyl sites for hydroxylation is 1. The highest BCUT2D eigenvalue weighted by molar-refractivity contribution is 5.74. The topological polar surface area (TPSA) is 89.3 Å². The molecule has 0 aliphatic rings. The Kier molecular flexibility index (Phi) is 4.27. The number of benzene rings is 1. The molecule has 2 atom stereocenters. The summed E-state index contributed by atoms with van der Waals surface area (Å²) in [5, 5.41) is 8.64. The van der Waals surface area contributed by atoms with Gasteiger partial charge in [0.05, 0.1) is 0 Å². The SMILES string of the molecule is N[C@@H](CCc1ccccc1)[C@@H](N)C(=O)O. The molecular formula is C11H16N2O2. The van der Waals surface area contributed by atoms with Gasteiger partial charge in [0.1, 0.15) is 6.04 Å². The van der Waals surface area contributed by atoms with Gasteiger partial charge in [0.15, 0.2) is 0 Å². The Morgan fingerprint density at radius 3 is 2.40 bits per heavy atom. The first-order valence-corrected chi connectivity index (χ1v) is 4.89. The highest BCUT2D eigenvalue weighted by atomic mass is 16.4. The van der Waals surface area contributed by atoms with Crippen molar-refractivity contribution in [2.75, 3.05) is 0 Å². The lowest BCUT2D eigenvalue weighted by atomic mass is 10.0. The number of carbonyl (C=O) groups is 1. The van der Waals surface area contributed by atoms with Crippen LogP contribution in [0.1, 0.15) is 12.0 Å². The van der Waals surface area contributed by atoms with Gasteiger partial charge in [-0.3, -0.25) is 4.79 Å². The number of hydrogen-bond acceptors (Lipinski definition) is 3. The van der Waals surface area contributed by atoms with E-state index < -0.39 is 18.1 Å². The second kappa shape index (κ2) is 5.48. The molecule has 15 heavy (non-hydrogen) atoms. The molecule has 0 aliphatic carbocycles. The van der Waals surface area contributed by atoms with Gasteiger partial charge >= 0.3 is 5.97 Å². The molecule has 0 heterocycles. The summed E-state index contributed by atoms with van der Waals surface area (Å²) >= 11 is 0. The number of hydrogen-bond donors (Lipinski definition) is 3. The van der Waals surface area contributed by atoms with Crippen LogP contribution in [-0.2, 0) is 11.2 Å². The molecule has 0 unspecified atom stereocenters. The van der Waals surface area contributed by atoms with Crippen molar-refractivity contribution >= 4 is 5.97 Å². The lowest BCUT2D eigenvalue weighted by Gasteiger charge is -2.15. The van der Waals surface area contributed by atoms with Gasteiger partial charge in [-0.25, -0.2) is 0 Å². The highest BCUT2D eigenvalue weighted by Crippen LogP contribution is 2.05. The maximum absolute atomic E-state index is 10.5. The molecular weight excluding hydrogens is 192 g/mol. The minimum absolute atomic E-state index is 0.497. The Morgan fingerprint density at radius 1 is 1.27 bits per heavy atom. The van der Waals surface area contributed by atoms with Gasteiger partial charge in [-0.2, -0.15) is 0 Å². The van der Waals surface area contributed by atoms with Gasteiger partial charge in [-0.15, -0.1) is 0 Å². The molecule has 4 nitrogen and oxygen atoms in total. The van der Waals surface area contributed by atoms with Gasteiger partial charge in [0, 0.05) is 6.04 Å². The summed E-state index contributed by atoms with van der Waals surface area (Å²) in [6.45, 7) is 0. The minimum Gasteiger partial charge on any atom is -0.480 e. The van der Waals surface area contributed by atoms with Gasteiger partial charge in [0.25, 0.3) is 0 Å². The first kappa shape index (κ1) is 11.7. The number of carboxylic acids is 1. The average Bonchev–Trinajstić information content (AvgIpc) is 2.26. The number of rotatable bonds is 5. The van der Waals surface area contributed by atoms with Crippen LogP contribution in [0, 0.1) is 0 Å². The van der Waals surface area contributed by atoms with Crippen molar-refractivity contribution < 1.29 is 9.90 Å². The normalized spacial score (nSPS) is 14.5. The van der Waals surface area contributed by atoms with E-state index in [0.717, 1.165) is 12.0 Å². The third-order valence-corrected chi connectivity index (χ3v) is 2.36. The second-order valence-corrected chi connectivity index (χ2v) is 3.55. The zero-order valence-corrected chi connectivity index (χ0v) is 8.47. The molecule has 1 aromatic carbocycles. The van der Waals surface area contributed by atoms with Crippen LogP contribution in [0.3, 0.4) is 0 Å². The highest BCUT2D eigenvalue weighted by Gasteiger charge is 2.19. The molecule has 0 saturated carbocycles. The van der Waals surface area contributed by atoms with Gasteiger partial charge in [-0.05, 0) is 18.4 Å². The molecule has 1 aromatic rings. The summed E-state index contributed by atoms with van der Waals surface area (Å²) in [5.74, 6) is -1.05. The Balaban J connectivity index is 2.41. The summed E-state index contributed by atoms with van der Waals surface area (Å²) in [5.41, 5.74) is 12.2. The Bertz CT molecular complexity index is 314. The first-order chi connectivity index (χ1) is 7.11. The summed E-state index contributed by atoms with van der Waals surface area (Å²) in [7, 11) is 0.